The number of thiazole rings is 1. The van der Waals surface area contributed by atoms with Gasteiger partial charge in [-0.1, -0.05) is 29.0 Å². The Morgan fingerprint density at radius 3 is 2.80 bits per heavy atom. The quantitative estimate of drug-likeness (QED) is 0.336. The zero-order valence-corrected chi connectivity index (χ0v) is 17.4. The van der Waals surface area contributed by atoms with E-state index >= 15 is 0 Å². The Labute approximate surface area is 177 Å². The number of benzene rings is 2. The van der Waals surface area contributed by atoms with Crippen molar-refractivity contribution in [1.29, 1.82) is 0 Å². The first-order chi connectivity index (χ1) is 14.5. The van der Waals surface area contributed by atoms with Crippen LogP contribution in [0.2, 0.25) is 0 Å². The normalized spacial score (nSPS) is 13.7. The molecular formula is C24H21FN2O2S. The van der Waals surface area contributed by atoms with Gasteiger partial charge in [0.15, 0.2) is 5.78 Å². The summed E-state index contributed by atoms with van der Waals surface area (Å²) in [5.74, 6) is 1.08. The molecule has 2 aromatic heterocycles. The van der Waals surface area contributed by atoms with Crippen LogP contribution in [-0.2, 0) is 13.0 Å². The van der Waals surface area contributed by atoms with E-state index in [1.165, 1.54) is 41.9 Å². The first-order valence-electron chi connectivity index (χ1n) is 10.1. The molecule has 4 aromatic rings. The van der Waals surface area contributed by atoms with Gasteiger partial charge in [0.05, 0.1) is 18.1 Å². The topological polar surface area (TPSA) is 44.1 Å². The average molecular weight is 421 g/mol. The molecule has 5 rings (SSSR count). The first kappa shape index (κ1) is 19.0. The van der Waals surface area contributed by atoms with E-state index in [0.717, 1.165) is 23.2 Å². The van der Waals surface area contributed by atoms with Crippen LogP contribution in [0.5, 0.6) is 10.8 Å². The third kappa shape index (κ3) is 4.00. The van der Waals surface area contributed by atoms with E-state index in [9.17, 15) is 9.18 Å². The molecule has 0 unspecified atom stereocenters. The number of hydrogen-bond donors (Lipinski definition) is 0. The van der Waals surface area contributed by atoms with Crippen LogP contribution in [0.3, 0.4) is 0 Å². The molecule has 0 saturated heterocycles. The first-order valence-corrected chi connectivity index (χ1v) is 10.9. The monoisotopic (exact) mass is 420 g/mol. The van der Waals surface area contributed by atoms with Crippen LogP contribution in [0.4, 0.5) is 4.39 Å². The van der Waals surface area contributed by atoms with E-state index in [1.807, 2.05) is 42.0 Å². The van der Waals surface area contributed by atoms with Crippen molar-refractivity contribution in [3.8, 4) is 10.8 Å². The maximum Gasteiger partial charge on any atom is 0.200 e. The number of aromatic nitrogens is 2. The van der Waals surface area contributed by atoms with Gasteiger partial charge in [-0.05, 0) is 56.0 Å². The number of carbonyl (C=O) groups is 1. The molecule has 1 aliphatic rings. The molecule has 0 amide bonds. The second-order valence-electron chi connectivity index (χ2n) is 7.89. The van der Waals surface area contributed by atoms with Crippen molar-refractivity contribution < 1.29 is 13.9 Å². The lowest BCUT2D eigenvalue weighted by Crippen LogP contribution is -2.03. The number of nitrogens with zero attached hydrogens (tertiary/aromatic N) is 2. The summed E-state index contributed by atoms with van der Waals surface area (Å²) in [6.45, 7) is 2.86. The van der Waals surface area contributed by atoms with Crippen LogP contribution < -0.4 is 4.74 Å². The molecule has 0 N–H and O–H groups in total. The Morgan fingerprint density at radius 2 is 2.03 bits per heavy atom. The summed E-state index contributed by atoms with van der Waals surface area (Å²) < 4.78 is 21.7. The zero-order valence-electron chi connectivity index (χ0n) is 16.6. The van der Waals surface area contributed by atoms with Gasteiger partial charge in [-0.3, -0.25) is 4.79 Å². The molecule has 1 aliphatic carbocycles. The molecule has 0 radical (unpaired) electrons. The van der Waals surface area contributed by atoms with Crippen molar-refractivity contribution in [2.75, 3.05) is 0 Å². The van der Waals surface area contributed by atoms with E-state index in [4.69, 9.17) is 4.74 Å². The van der Waals surface area contributed by atoms with E-state index in [1.54, 1.807) is 12.3 Å². The molecule has 0 aliphatic heterocycles. The SMILES string of the molecule is Cc1ccc(Oc2cnc(CC(=O)c3cn(CC4CC4)c4cc(F)ccc34)s2)cc1. The third-order valence-electron chi connectivity index (χ3n) is 5.38. The van der Waals surface area contributed by atoms with Crippen LogP contribution in [-0.4, -0.2) is 15.3 Å². The molecule has 2 aromatic carbocycles. The van der Waals surface area contributed by atoms with Crippen LogP contribution in [0.25, 0.3) is 10.9 Å². The van der Waals surface area contributed by atoms with Gasteiger partial charge in [-0.2, -0.15) is 0 Å². The van der Waals surface area contributed by atoms with E-state index in [-0.39, 0.29) is 18.0 Å². The lowest BCUT2D eigenvalue weighted by Gasteiger charge is -2.03. The van der Waals surface area contributed by atoms with Crippen LogP contribution in [0, 0.1) is 18.7 Å². The van der Waals surface area contributed by atoms with Gasteiger partial charge in [0.25, 0.3) is 0 Å². The second-order valence-corrected chi connectivity index (χ2v) is 8.97. The fourth-order valence-corrected chi connectivity index (χ4v) is 4.38. The fraction of sp³-hybridized carbons (Fsp3) is 0.250. The number of halogens is 1. The third-order valence-corrected chi connectivity index (χ3v) is 6.26. The summed E-state index contributed by atoms with van der Waals surface area (Å²) >= 11 is 1.37. The van der Waals surface area contributed by atoms with E-state index in [2.05, 4.69) is 4.98 Å². The minimum atomic E-state index is -0.283. The Kier molecular flexibility index (Phi) is 4.87. The Morgan fingerprint density at radius 1 is 1.23 bits per heavy atom. The minimum absolute atomic E-state index is 0.0163. The number of rotatable bonds is 7. The number of ketones is 1. The largest absolute Gasteiger partial charge is 0.445 e. The van der Waals surface area contributed by atoms with Gasteiger partial charge in [-0.25, -0.2) is 9.37 Å². The Balaban J connectivity index is 1.36. The molecule has 0 atom stereocenters. The van der Waals surface area contributed by atoms with Crippen molar-refractivity contribution >= 4 is 28.0 Å². The van der Waals surface area contributed by atoms with Gasteiger partial charge in [-0.15, -0.1) is 0 Å². The summed E-state index contributed by atoms with van der Waals surface area (Å²) in [5.41, 5.74) is 2.58. The predicted molar refractivity (Wildman–Crippen MR) is 116 cm³/mol. The minimum Gasteiger partial charge on any atom is -0.445 e. The van der Waals surface area contributed by atoms with Crippen LogP contribution in [0.1, 0.15) is 33.8 Å². The van der Waals surface area contributed by atoms with Crippen molar-refractivity contribution in [1.82, 2.24) is 9.55 Å². The van der Waals surface area contributed by atoms with Crippen LogP contribution in [0.15, 0.2) is 54.9 Å². The Hall–Kier alpha value is -2.99. The number of hydrogen-bond acceptors (Lipinski definition) is 4. The summed E-state index contributed by atoms with van der Waals surface area (Å²) in [7, 11) is 0. The molecule has 6 heteroatoms. The molecule has 152 valence electrons. The molecule has 0 bridgehead atoms. The average Bonchev–Trinajstić information content (AvgIpc) is 3.33. The van der Waals surface area contributed by atoms with Gasteiger partial charge in [0.1, 0.15) is 16.6 Å². The second kappa shape index (κ2) is 7.69. The molecule has 2 heterocycles. The maximum absolute atomic E-state index is 13.8. The number of fused-ring (bicyclic) bond motifs is 1. The molecule has 1 fully saturated rings. The molecule has 0 spiro atoms. The van der Waals surface area contributed by atoms with Crippen molar-refractivity contribution in [2.45, 2.75) is 32.7 Å². The molecular weight excluding hydrogens is 399 g/mol. The van der Waals surface area contributed by atoms with Crippen LogP contribution >= 0.6 is 11.3 Å². The van der Waals surface area contributed by atoms with Crippen molar-refractivity contribution in [2.24, 2.45) is 5.92 Å². The highest BCUT2D eigenvalue weighted by Crippen LogP contribution is 2.34. The summed E-state index contributed by atoms with van der Waals surface area (Å²) in [4.78, 5) is 17.4. The highest BCUT2D eigenvalue weighted by molar-refractivity contribution is 7.13. The Bertz CT molecular complexity index is 1220. The van der Waals surface area contributed by atoms with Crippen molar-refractivity contribution in [3.05, 3.63) is 76.8 Å². The summed E-state index contributed by atoms with van der Waals surface area (Å²) in [5, 5.41) is 2.15. The van der Waals surface area contributed by atoms with Crippen molar-refractivity contribution in [3.63, 3.8) is 0 Å². The highest BCUT2D eigenvalue weighted by atomic mass is 32.1. The molecule has 1 saturated carbocycles. The summed E-state index contributed by atoms with van der Waals surface area (Å²) in [6, 6.07) is 12.4. The van der Waals surface area contributed by atoms with E-state index in [0.29, 0.717) is 21.6 Å². The number of ether oxygens (including phenoxy) is 1. The smallest absolute Gasteiger partial charge is 0.200 e. The lowest BCUT2D eigenvalue weighted by molar-refractivity contribution is 0.0994. The highest BCUT2D eigenvalue weighted by Gasteiger charge is 2.24. The van der Waals surface area contributed by atoms with Gasteiger partial charge >= 0.3 is 0 Å². The number of aryl methyl sites for hydroxylation is 1. The lowest BCUT2D eigenvalue weighted by atomic mass is 10.1. The number of Topliss-reactive ketones (excluding diaryl/α,β-unsaturated/α-hetero) is 1. The van der Waals surface area contributed by atoms with Gasteiger partial charge < -0.3 is 9.30 Å². The fourth-order valence-electron chi connectivity index (χ4n) is 3.59. The van der Waals surface area contributed by atoms with E-state index < -0.39 is 0 Å². The van der Waals surface area contributed by atoms with Gasteiger partial charge in [0, 0.05) is 23.7 Å². The number of carbonyl (C=O) groups excluding carboxylic acids is 1. The molecule has 30 heavy (non-hydrogen) atoms. The standard InChI is InChI=1S/C24H21FN2O2S/c1-15-2-7-18(8-3-15)29-24-12-26-23(30-24)11-22(28)20-14-27(13-16-4-5-16)21-10-17(25)6-9-19(20)21/h2-3,6-10,12,14,16H,4-5,11,13H2,1H3. The summed E-state index contributed by atoms with van der Waals surface area (Å²) in [6.07, 6.45) is 6.12. The van der Waals surface area contributed by atoms with Gasteiger partial charge in [0.2, 0.25) is 5.06 Å². The zero-order chi connectivity index (χ0) is 20.7. The maximum atomic E-state index is 13.8. The predicted octanol–water partition coefficient (Wildman–Crippen LogP) is 6.17. The molecule has 4 nitrogen and oxygen atoms in total.